The summed E-state index contributed by atoms with van der Waals surface area (Å²) in [5, 5.41) is 3.06. The maximum absolute atomic E-state index is 12.4. The average molecular weight is 324 g/mol. The van der Waals surface area contributed by atoms with Gasteiger partial charge in [-0.05, 0) is 12.8 Å². The first-order valence-corrected chi connectivity index (χ1v) is 8.08. The molecule has 0 saturated carbocycles. The van der Waals surface area contributed by atoms with Gasteiger partial charge in [-0.3, -0.25) is 9.59 Å². The lowest BCUT2D eigenvalue weighted by molar-refractivity contribution is -0.138. The number of carbonyl (C=O) groups is 2. The monoisotopic (exact) mass is 323 g/mol. The molecule has 1 atom stereocenters. The normalized spacial score (nSPS) is 18.6. The number of thioether (sulfide) groups is 1. The molecular formula is C13H26ClN3O2S. The molecule has 0 aromatic heterocycles. The van der Waals surface area contributed by atoms with Crippen molar-refractivity contribution in [1.82, 2.24) is 10.2 Å². The first kappa shape index (κ1) is 19.5. The van der Waals surface area contributed by atoms with Crippen LogP contribution >= 0.6 is 24.2 Å². The van der Waals surface area contributed by atoms with Crippen LogP contribution in [0.5, 0.6) is 0 Å². The fraction of sp³-hybridized carbons (Fsp3) is 0.846. The zero-order valence-electron chi connectivity index (χ0n) is 12.5. The molecule has 1 fully saturated rings. The summed E-state index contributed by atoms with van der Waals surface area (Å²) >= 11 is 1.62. The van der Waals surface area contributed by atoms with Gasteiger partial charge in [0.25, 0.3) is 0 Å². The molecule has 7 heteroatoms. The van der Waals surface area contributed by atoms with Gasteiger partial charge in [-0.2, -0.15) is 0 Å². The first-order valence-electron chi connectivity index (χ1n) is 6.92. The number of nitrogens with one attached hydrogen (secondary N) is 1. The lowest BCUT2D eigenvalue weighted by atomic mass is 9.92. The lowest BCUT2D eigenvalue weighted by Gasteiger charge is -2.34. The van der Waals surface area contributed by atoms with E-state index in [0.717, 1.165) is 12.8 Å². The van der Waals surface area contributed by atoms with Crippen molar-refractivity contribution in [3.05, 3.63) is 0 Å². The highest BCUT2D eigenvalue weighted by Crippen LogP contribution is 2.23. The predicted molar refractivity (Wildman–Crippen MR) is 86.0 cm³/mol. The summed E-state index contributed by atoms with van der Waals surface area (Å²) in [4.78, 5) is 25.9. The van der Waals surface area contributed by atoms with Gasteiger partial charge in [-0.15, -0.1) is 24.2 Å². The Hall–Kier alpha value is -0.460. The number of halogens is 1. The average Bonchev–Trinajstić information content (AvgIpc) is 2.93. The van der Waals surface area contributed by atoms with Crippen molar-refractivity contribution in [1.29, 1.82) is 0 Å². The Kier molecular flexibility index (Phi) is 8.54. The molecule has 1 saturated heterocycles. The molecule has 1 unspecified atom stereocenters. The molecule has 0 radical (unpaired) electrons. The van der Waals surface area contributed by atoms with Gasteiger partial charge in [0.1, 0.15) is 6.04 Å². The molecule has 1 aliphatic rings. The van der Waals surface area contributed by atoms with Crippen LogP contribution in [0.2, 0.25) is 0 Å². The largest absolute Gasteiger partial charge is 0.348 e. The number of hydrogen-bond donors (Lipinski definition) is 2. The third kappa shape index (κ3) is 4.27. The minimum Gasteiger partial charge on any atom is -0.348 e. The van der Waals surface area contributed by atoms with Gasteiger partial charge in [0, 0.05) is 18.7 Å². The van der Waals surface area contributed by atoms with Crippen LogP contribution in [0.25, 0.3) is 0 Å². The van der Waals surface area contributed by atoms with Crippen LogP contribution in [0.3, 0.4) is 0 Å². The minimum atomic E-state index is -0.346. The zero-order valence-corrected chi connectivity index (χ0v) is 14.1. The zero-order chi connectivity index (χ0) is 14.5. The van der Waals surface area contributed by atoms with E-state index < -0.39 is 0 Å². The molecule has 3 N–H and O–H groups in total. The van der Waals surface area contributed by atoms with Crippen LogP contribution < -0.4 is 11.1 Å². The maximum Gasteiger partial charge on any atom is 0.244 e. The smallest absolute Gasteiger partial charge is 0.244 e. The van der Waals surface area contributed by atoms with Gasteiger partial charge >= 0.3 is 0 Å². The molecular weight excluding hydrogens is 298 g/mol. The Morgan fingerprint density at radius 2 is 1.95 bits per heavy atom. The summed E-state index contributed by atoms with van der Waals surface area (Å²) in [5.41, 5.74) is 5.45. The standard InChI is InChI=1S/C13H25N3O2S.ClH/c1-4-11(17)16-9-19-7-10(16)12(18)15-13(5-2,6-3)8-14;/h10H,4-9,14H2,1-3H3,(H,15,18);1H. The van der Waals surface area contributed by atoms with Crippen molar-refractivity contribution in [3.63, 3.8) is 0 Å². The molecule has 1 aliphatic heterocycles. The lowest BCUT2D eigenvalue weighted by Crippen LogP contribution is -2.58. The van der Waals surface area contributed by atoms with Crippen molar-refractivity contribution in [2.24, 2.45) is 5.73 Å². The van der Waals surface area contributed by atoms with Crippen molar-refractivity contribution in [2.75, 3.05) is 18.2 Å². The third-order valence-corrected chi connectivity index (χ3v) is 4.95. The van der Waals surface area contributed by atoms with Crippen LogP contribution in [0.4, 0.5) is 0 Å². The van der Waals surface area contributed by atoms with E-state index in [1.54, 1.807) is 16.7 Å². The summed E-state index contributed by atoms with van der Waals surface area (Å²) in [5.74, 6) is 1.25. The van der Waals surface area contributed by atoms with E-state index in [1.165, 1.54) is 0 Å². The van der Waals surface area contributed by atoms with Crippen LogP contribution in [0.1, 0.15) is 40.0 Å². The predicted octanol–water partition coefficient (Wildman–Crippen LogP) is 1.35. The first-order chi connectivity index (χ1) is 9.03. The fourth-order valence-corrected chi connectivity index (χ4v) is 3.40. The molecule has 20 heavy (non-hydrogen) atoms. The Labute approximate surface area is 131 Å². The SMILES string of the molecule is CCC(=O)N1CSCC1C(=O)NC(CC)(CC)CN.Cl. The highest BCUT2D eigenvalue weighted by molar-refractivity contribution is 7.99. The number of nitrogens with zero attached hydrogens (tertiary/aromatic N) is 1. The quantitative estimate of drug-likeness (QED) is 0.773. The second kappa shape index (κ2) is 8.74. The Morgan fingerprint density at radius 1 is 1.35 bits per heavy atom. The van der Waals surface area contributed by atoms with E-state index in [4.69, 9.17) is 5.73 Å². The van der Waals surface area contributed by atoms with E-state index in [0.29, 0.717) is 24.6 Å². The number of carbonyl (C=O) groups excluding carboxylic acids is 2. The Morgan fingerprint density at radius 3 is 2.40 bits per heavy atom. The van der Waals surface area contributed by atoms with Gasteiger partial charge in [0.05, 0.1) is 11.4 Å². The van der Waals surface area contributed by atoms with E-state index >= 15 is 0 Å². The molecule has 0 aliphatic carbocycles. The van der Waals surface area contributed by atoms with E-state index in [2.05, 4.69) is 5.32 Å². The molecule has 2 amide bonds. The van der Waals surface area contributed by atoms with E-state index in [1.807, 2.05) is 20.8 Å². The van der Waals surface area contributed by atoms with Gasteiger partial charge in [-0.1, -0.05) is 20.8 Å². The number of amides is 2. The van der Waals surface area contributed by atoms with Crippen molar-refractivity contribution in [2.45, 2.75) is 51.6 Å². The summed E-state index contributed by atoms with van der Waals surface area (Å²) in [7, 11) is 0. The van der Waals surface area contributed by atoms with E-state index in [9.17, 15) is 9.59 Å². The fourth-order valence-electron chi connectivity index (χ4n) is 2.22. The second-order valence-electron chi connectivity index (χ2n) is 4.91. The molecule has 0 aromatic rings. The van der Waals surface area contributed by atoms with Crippen LogP contribution in [-0.2, 0) is 9.59 Å². The second-order valence-corrected chi connectivity index (χ2v) is 5.91. The van der Waals surface area contributed by atoms with Crippen molar-refractivity contribution < 1.29 is 9.59 Å². The topological polar surface area (TPSA) is 75.4 Å². The molecule has 0 spiro atoms. The summed E-state index contributed by atoms with van der Waals surface area (Å²) in [6, 6.07) is -0.346. The molecule has 0 aromatic carbocycles. The molecule has 1 heterocycles. The minimum absolute atomic E-state index is 0. The van der Waals surface area contributed by atoms with Gasteiger partial charge in [0.15, 0.2) is 0 Å². The Bertz CT molecular complexity index is 329. The summed E-state index contributed by atoms with van der Waals surface area (Å²) in [6.07, 6.45) is 2.04. The van der Waals surface area contributed by atoms with Crippen LogP contribution in [-0.4, -0.2) is 46.5 Å². The van der Waals surface area contributed by atoms with Crippen molar-refractivity contribution >= 4 is 36.0 Å². The van der Waals surface area contributed by atoms with Gasteiger partial charge in [0.2, 0.25) is 11.8 Å². The number of hydrogen-bond acceptors (Lipinski definition) is 4. The number of nitrogens with two attached hydrogens (primary N) is 1. The summed E-state index contributed by atoms with van der Waals surface area (Å²) in [6.45, 7) is 6.29. The molecule has 0 bridgehead atoms. The molecule has 1 rings (SSSR count). The highest BCUT2D eigenvalue weighted by atomic mass is 35.5. The van der Waals surface area contributed by atoms with Crippen LogP contribution in [0.15, 0.2) is 0 Å². The number of rotatable bonds is 6. The molecule has 5 nitrogen and oxygen atoms in total. The third-order valence-electron chi connectivity index (χ3n) is 3.94. The van der Waals surface area contributed by atoms with Crippen LogP contribution in [0, 0.1) is 0 Å². The Balaban J connectivity index is 0.00000361. The summed E-state index contributed by atoms with van der Waals surface area (Å²) < 4.78 is 0. The van der Waals surface area contributed by atoms with Crippen molar-refractivity contribution in [3.8, 4) is 0 Å². The maximum atomic E-state index is 12.4. The van der Waals surface area contributed by atoms with Gasteiger partial charge in [-0.25, -0.2) is 0 Å². The molecule has 118 valence electrons. The highest BCUT2D eigenvalue weighted by Gasteiger charge is 2.37. The van der Waals surface area contributed by atoms with E-state index in [-0.39, 0.29) is 35.8 Å². The van der Waals surface area contributed by atoms with Gasteiger partial charge < -0.3 is 16.0 Å².